The number of halogens is 1. The van der Waals surface area contributed by atoms with Crippen molar-refractivity contribution in [1.29, 1.82) is 0 Å². The van der Waals surface area contributed by atoms with Crippen LogP contribution in [0.5, 0.6) is 0 Å². The number of anilines is 1. The van der Waals surface area contributed by atoms with Gasteiger partial charge >= 0.3 is 0 Å². The highest BCUT2D eigenvalue weighted by Gasteiger charge is 2.51. The molecule has 2 atom stereocenters. The first-order chi connectivity index (χ1) is 17.5. The number of carbonyl (C=O) groups excluding carboxylic acids is 1. The van der Waals surface area contributed by atoms with E-state index in [1.807, 2.05) is 11.0 Å². The van der Waals surface area contributed by atoms with Crippen LogP contribution in [-0.2, 0) is 11.2 Å². The molecular weight excluding hydrogens is 447 g/mol. The molecule has 1 aliphatic heterocycles. The molecule has 188 valence electrons. The number of hydrogen-bond donors (Lipinski definition) is 1. The fraction of sp³-hybridized carbons (Fsp3) is 0.531. The molecule has 4 heteroatoms. The van der Waals surface area contributed by atoms with Crippen LogP contribution in [0.4, 0.5) is 10.1 Å². The molecule has 0 spiro atoms. The van der Waals surface area contributed by atoms with E-state index in [-0.39, 0.29) is 29.3 Å². The van der Waals surface area contributed by atoms with Crippen LogP contribution in [0.15, 0.2) is 42.5 Å². The van der Waals surface area contributed by atoms with E-state index in [1.54, 1.807) is 6.07 Å². The van der Waals surface area contributed by atoms with Crippen molar-refractivity contribution in [1.82, 2.24) is 4.90 Å². The number of fused-ring (bicyclic) bond motifs is 1. The van der Waals surface area contributed by atoms with E-state index in [4.69, 9.17) is 6.42 Å². The SMILES string of the molecule is C#CC(=O)N1[C@@H](CCCC)Cc2cc(F)ccc2[C@@H]1c1ccc(NC23CC4CC(CC(C4)C2)C3)cc1. The third kappa shape index (κ3) is 4.21. The lowest BCUT2D eigenvalue weighted by Gasteiger charge is -2.57. The van der Waals surface area contributed by atoms with Gasteiger partial charge in [0, 0.05) is 17.3 Å². The van der Waals surface area contributed by atoms with Crippen LogP contribution in [0, 0.1) is 35.9 Å². The summed E-state index contributed by atoms with van der Waals surface area (Å²) in [6, 6.07) is 13.3. The lowest BCUT2D eigenvalue weighted by Crippen LogP contribution is -2.54. The van der Waals surface area contributed by atoms with Crippen molar-refractivity contribution in [3.63, 3.8) is 0 Å². The minimum Gasteiger partial charge on any atom is -0.380 e. The maximum absolute atomic E-state index is 14.2. The van der Waals surface area contributed by atoms with Crippen LogP contribution < -0.4 is 5.32 Å². The van der Waals surface area contributed by atoms with Gasteiger partial charge in [0.15, 0.2) is 0 Å². The average Bonchev–Trinajstić information content (AvgIpc) is 2.85. The summed E-state index contributed by atoms with van der Waals surface area (Å²) in [4.78, 5) is 15.0. The summed E-state index contributed by atoms with van der Waals surface area (Å²) >= 11 is 0. The van der Waals surface area contributed by atoms with E-state index in [9.17, 15) is 9.18 Å². The Bertz CT molecular complexity index is 1140. The van der Waals surface area contributed by atoms with Crippen molar-refractivity contribution in [2.45, 2.75) is 88.8 Å². The summed E-state index contributed by atoms with van der Waals surface area (Å²) in [5, 5.41) is 3.96. The standard InChI is InChI=1S/C32H37FN2O/c1-3-5-6-28-17-25-16-26(33)9-12-29(25)31(35(28)30(36)4-2)24-7-10-27(11-8-24)34-32-18-21-13-22(19-32)15-23(14-21)20-32/h2,7-12,16,21-23,28,31,34H,3,5-6,13-15,17-20H2,1H3/t21?,22?,23?,28-,31-,32?/m0/s1. The summed E-state index contributed by atoms with van der Waals surface area (Å²) in [6.07, 6.45) is 17.4. The smallest absolute Gasteiger partial charge is 0.299 e. The van der Waals surface area contributed by atoms with Crippen LogP contribution in [0.1, 0.15) is 87.4 Å². The highest BCUT2D eigenvalue weighted by molar-refractivity contribution is 5.94. The van der Waals surface area contributed by atoms with Gasteiger partial charge in [-0.05, 0) is 116 Å². The van der Waals surface area contributed by atoms with Gasteiger partial charge in [-0.2, -0.15) is 0 Å². The molecule has 5 aliphatic rings. The minimum absolute atomic E-state index is 0.0300. The van der Waals surface area contributed by atoms with E-state index in [2.05, 4.69) is 42.4 Å². The van der Waals surface area contributed by atoms with E-state index in [0.717, 1.165) is 59.4 Å². The van der Waals surface area contributed by atoms with E-state index < -0.39 is 0 Å². The number of carbonyl (C=O) groups is 1. The highest BCUT2D eigenvalue weighted by atomic mass is 19.1. The Morgan fingerprint density at radius 3 is 2.36 bits per heavy atom. The summed E-state index contributed by atoms with van der Waals surface area (Å²) in [6.45, 7) is 2.15. The van der Waals surface area contributed by atoms with Crippen molar-refractivity contribution >= 4 is 11.6 Å². The number of nitrogens with one attached hydrogen (secondary N) is 1. The van der Waals surface area contributed by atoms with Gasteiger partial charge in [-0.3, -0.25) is 4.79 Å². The second kappa shape index (κ2) is 9.25. The number of rotatable bonds is 6. The Kier molecular flexibility index (Phi) is 6.06. The zero-order valence-electron chi connectivity index (χ0n) is 21.3. The molecule has 3 nitrogen and oxygen atoms in total. The Morgan fingerprint density at radius 1 is 1.08 bits per heavy atom. The van der Waals surface area contributed by atoms with Crippen LogP contribution in [0.3, 0.4) is 0 Å². The van der Waals surface area contributed by atoms with E-state index >= 15 is 0 Å². The fourth-order valence-corrected chi connectivity index (χ4v) is 8.43. The Balaban J connectivity index is 1.32. The Morgan fingerprint density at radius 2 is 1.75 bits per heavy atom. The predicted octanol–water partition coefficient (Wildman–Crippen LogP) is 6.87. The fourth-order valence-electron chi connectivity index (χ4n) is 8.43. The highest BCUT2D eigenvalue weighted by Crippen LogP contribution is 2.56. The molecule has 4 saturated carbocycles. The monoisotopic (exact) mass is 484 g/mol. The molecule has 36 heavy (non-hydrogen) atoms. The van der Waals surface area contributed by atoms with Crippen molar-refractivity contribution in [2.75, 3.05) is 5.32 Å². The first-order valence-electron chi connectivity index (χ1n) is 13.9. The van der Waals surface area contributed by atoms with E-state index in [0.29, 0.717) is 6.42 Å². The third-order valence-corrected chi connectivity index (χ3v) is 9.45. The third-order valence-electron chi connectivity index (χ3n) is 9.45. The number of hydrogen-bond acceptors (Lipinski definition) is 2. The summed E-state index contributed by atoms with van der Waals surface area (Å²) in [5.74, 6) is 4.55. The first-order valence-corrected chi connectivity index (χ1v) is 13.9. The Labute approximate surface area is 214 Å². The van der Waals surface area contributed by atoms with Gasteiger partial charge in [-0.15, -0.1) is 6.42 Å². The van der Waals surface area contributed by atoms with Crippen LogP contribution in [-0.4, -0.2) is 22.4 Å². The number of benzene rings is 2. The molecule has 2 aromatic rings. The second-order valence-electron chi connectivity index (χ2n) is 12.0. The van der Waals surface area contributed by atoms with Gasteiger partial charge in [0.1, 0.15) is 5.82 Å². The summed E-state index contributed by atoms with van der Waals surface area (Å²) in [5.41, 5.74) is 4.41. The van der Waals surface area contributed by atoms with Gasteiger partial charge in [0.05, 0.1) is 6.04 Å². The quantitative estimate of drug-likeness (QED) is 0.454. The maximum atomic E-state index is 14.2. The molecule has 1 heterocycles. The van der Waals surface area contributed by atoms with Crippen molar-refractivity contribution < 1.29 is 9.18 Å². The molecule has 4 aliphatic carbocycles. The molecular formula is C32H37FN2O. The molecule has 0 radical (unpaired) electrons. The molecule has 4 bridgehead atoms. The van der Waals surface area contributed by atoms with Gasteiger partial charge in [0.2, 0.25) is 0 Å². The minimum atomic E-state index is -0.298. The molecule has 0 saturated heterocycles. The lowest BCUT2D eigenvalue weighted by atomic mass is 9.53. The van der Waals surface area contributed by atoms with Crippen molar-refractivity contribution in [3.8, 4) is 12.3 Å². The van der Waals surface area contributed by atoms with Gasteiger partial charge in [-0.1, -0.05) is 38.0 Å². The van der Waals surface area contributed by atoms with Crippen LogP contribution in [0.2, 0.25) is 0 Å². The van der Waals surface area contributed by atoms with Gasteiger partial charge < -0.3 is 10.2 Å². The lowest BCUT2D eigenvalue weighted by molar-refractivity contribution is -0.130. The maximum Gasteiger partial charge on any atom is 0.299 e. The van der Waals surface area contributed by atoms with Crippen LogP contribution >= 0.6 is 0 Å². The van der Waals surface area contributed by atoms with Crippen molar-refractivity contribution in [2.24, 2.45) is 17.8 Å². The number of nitrogens with zero attached hydrogens (tertiary/aromatic N) is 1. The number of unbranched alkanes of at least 4 members (excludes halogenated alkanes) is 1. The van der Waals surface area contributed by atoms with Gasteiger partial charge in [0.25, 0.3) is 5.91 Å². The molecule has 0 unspecified atom stereocenters. The molecule has 1 N–H and O–H groups in total. The average molecular weight is 485 g/mol. The zero-order valence-corrected chi connectivity index (χ0v) is 21.3. The van der Waals surface area contributed by atoms with E-state index in [1.165, 1.54) is 44.6 Å². The first kappa shape index (κ1) is 23.6. The molecule has 1 amide bonds. The molecule has 7 rings (SSSR count). The summed E-state index contributed by atoms with van der Waals surface area (Å²) in [7, 11) is 0. The topological polar surface area (TPSA) is 32.3 Å². The predicted molar refractivity (Wildman–Crippen MR) is 142 cm³/mol. The normalized spacial score (nSPS) is 32.1. The molecule has 2 aromatic carbocycles. The Hall–Kier alpha value is -2.80. The largest absolute Gasteiger partial charge is 0.380 e. The molecule has 4 fully saturated rings. The van der Waals surface area contributed by atoms with Crippen LogP contribution in [0.25, 0.3) is 0 Å². The molecule has 0 aromatic heterocycles. The number of terminal acetylenes is 1. The summed E-state index contributed by atoms with van der Waals surface area (Å²) < 4.78 is 14.2. The second-order valence-corrected chi connectivity index (χ2v) is 12.0. The zero-order chi connectivity index (χ0) is 24.9. The number of amides is 1. The van der Waals surface area contributed by atoms with Crippen molar-refractivity contribution in [3.05, 3.63) is 65.0 Å². The van der Waals surface area contributed by atoms with Gasteiger partial charge in [-0.25, -0.2) is 4.39 Å².